The van der Waals surface area contributed by atoms with Crippen LogP contribution >= 0.6 is 25.6 Å². The van der Waals surface area contributed by atoms with Gasteiger partial charge in [-0.1, -0.05) is 25.6 Å². The van der Waals surface area contributed by atoms with Crippen molar-refractivity contribution in [3.8, 4) is 0 Å². The van der Waals surface area contributed by atoms with E-state index in [2.05, 4.69) is 30.7 Å². The highest BCUT2D eigenvalue weighted by molar-refractivity contribution is 7.93. The molecule has 4 nitrogen and oxygen atoms in total. The lowest BCUT2D eigenvalue weighted by Gasteiger charge is -2.16. The van der Waals surface area contributed by atoms with Gasteiger partial charge in [-0.3, -0.25) is 4.68 Å². The molecular weight excluding hydrogens is 180 g/mol. The van der Waals surface area contributed by atoms with Crippen LogP contribution in [0, 0.1) is 0 Å². The number of rotatable bonds is 2. The van der Waals surface area contributed by atoms with Crippen LogP contribution in [-0.4, -0.2) is 13.5 Å². The number of aromatic nitrogens is 2. The van der Waals surface area contributed by atoms with E-state index >= 15 is 0 Å². The van der Waals surface area contributed by atoms with Gasteiger partial charge in [0.05, 0.1) is 11.9 Å². The highest BCUT2D eigenvalue weighted by Crippen LogP contribution is 2.16. The zero-order valence-corrected chi connectivity index (χ0v) is 7.83. The van der Waals surface area contributed by atoms with E-state index in [0.717, 1.165) is 0 Å². The average molecular weight is 190 g/mol. The molecule has 0 spiro atoms. The van der Waals surface area contributed by atoms with Crippen molar-refractivity contribution in [1.82, 2.24) is 13.5 Å². The molecule has 0 aliphatic heterocycles. The summed E-state index contributed by atoms with van der Waals surface area (Å²) in [5, 5.41) is 3.99. The molecular formula is C5H10N4S2. The Labute approximate surface area is 76.4 Å². The minimum absolute atomic E-state index is 0.0148. The maximum atomic E-state index is 5.46. The number of nitrogens with two attached hydrogens (primary N) is 1. The minimum Gasteiger partial charge on any atom is -0.396 e. The summed E-state index contributed by atoms with van der Waals surface area (Å²) in [6.45, 7) is 1.91. The molecule has 0 saturated heterocycles. The van der Waals surface area contributed by atoms with Gasteiger partial charge in [0, 0.05) is 6.20 Å². The van der Waals surface area contributed by atoms with E-state index in [9.17, 15) is 0 Å². The van der Waals surface area contributed by atoms with Crippen LogP contribution in [0.3, 0.4) is 0 Å². The molecule has 0 saturated carbocycles. The van der Waals surface area contributed by atoms with Crippen LogP contribution in [0.4, 0.5) is 5.69 Å². The topological polar surface area (TPSA) is 47.1 Å². The molecule has 0 aromatic carbocycles. The monoisotopic (exact) mass is 190 g/mol. The molecule has 6 heteroatoms. The summed E-state index contributed by atoms with van der Waals surface area (Å²) < 4.78 is 3.13. The first-order chi connectivity index (χ1) is 5.11. The first kappa shape index (κ1) is 8.76. The van der Waals surface area contributed by atoms with E-state index in [-0.39, 0.29) is 6.17 Å². The molecule has 0 aliphatic carbocycles. The second-order valence-corrected chi connectivity index (χ2v) is 3.38. The summed E-state index contributed by atoms with van der Waals surface area (Å²) in [4.78, 5) is 0. The van der Waals surface area contributed by atoms with Crippen LogP contribution in [0.5, 0.6) is 0 Å². The summed E-state index contributed by atoms with van der Waals surface area (Å²) >= 11 is 8.02. The van der Waals surface area contributed by atoms with Gasteiger partial charge >= 0.3 is 0 Å². The Morgan fingerprint density at radius 3 is 2.73 bits per heavy atom. The number of nitrogen functional groups attached to an aromatic ring is 1. The predicted molar refractivity (Wildman–Crippen MR) is 51.2 cm³/mol. The van der Waals surface area contributed by atoms with Crippen molar-refractivity contribution in [1.29, 1.82) is 0 Å². The van der Waals surface area contributed by atoms with Crippen molar-refractivity contribution in [2.24, 2.45) is 0 Å². The normalized spacial score (nSPS) is 13.8. The predicted octanol–water partition coefficient (Wildman–Crippen LogP) is 0.975. The third-order valence-electron chi connectivity index (χ3n) is 1.34. The molecule has 1 aromatic rings. The summed E-state index contributed by atoms with van der Waals surface area (Å²) in [5.74, 6) is 0. The van der Waals surface area contributed by atoms with E-state index in [0.29, 0.717) is 5.69 Å². The Morgan fingerprint density at radius 1 is 1.73 bits per heavy atom. The number of hydrogen-bond acceptors (Lipinski definition) is 5. The molecule has 0 bridgehead atoms. The second-order valence-electron chi connectivity index (χ2n) is 2.21. The lowest BCUT2D eigenvalue weighted by molar-refractivity contribution is 0.393. The highest BCUT2D eigenvalue weighted by Gasteiger charge is 2.08. The molecule has 1 aromatic heterocycles. The first-order valence-electron chi connectivity index (χ1n) is 3.08. The van der Waals surface area contributed by atoms with Crippen LogP contribution in [-0.2, 0) is 0 Å². The van der Waals surface area contributed by atoms with Gasteiger partial charge in [0.2, 0.25) is 0 Å². The number of nitrogens with zero attached hydrogens (tertiary/aromatic N) is 3. The molecule has 11 heavy (non-hydrogen) atoms. The smallest absolute Gasteiger partial charge is 0.120 e. The summed E-state index contributed by atoms with van der Waals surface area (Å²) in [6.07, 6.45) is 3.30. The van der Waals surface area contributed by atoms with Gasteiger partial charge in [0.15, 0.2) is 0 Å². The summed E-state index contributed by atoms with van der Waals surface area (Å²) in [6, 6.07) is 0. The molecule has 1 unspecified atom stereocenters. The Balaban J connectivity index is 2.76. The van der Waals surface area contributed by atoms with Crippen LogP contribution in [0.1, 0.15) is 13.1 Å². The lowest BCUT2D eigenvalue weighted by Crippen LogP contribution is -2.14. The van der Waals surface area contributed by atoms with Gasteiger partial charge in [0.1, 0.15) is 6.17 Å². The van der Waals surface area contributed by atoms with Crippen molar-refractivity contribution < 1.29 is 0 Å². The van der Waals surface area contributed by atoms with Crippen molar-refractivity contribution in [3.63, 3.8) is 0 Å². The van der Waals surface area contributed by atoms with Crippen LogP contribution in [0.25, 0.3) is 0 Å². The van der Waals surface area contributed by atoms with Gasteiger partial charge in [-0.05, 0) is 6.92 Å². The molecule has 1 atom stereocenters. The minimum atomic E-state index is -0.0148. The number of anilines is 1. The fraction of sp³-hybridized carbons (Fsp3) is 0.400. The van der Waals surface area contributed by atoms with Gasteiger partial charge < -0.3 is 5.73 Å². The van der Waals surface area contributed by atoms with E-state index in [1.165, 1.54) is 3.71 Å². The molecule has 62 valence electrons. The largest absolute Gasteiger partial charge is 0.396 e. The Morgan fingerprint density at radius 2 is 2.36 bits per heavy atom. The molecule has 1 heterocycles. The SMILES string of the molecule is CC(N(S)S)n1cc(N)cn1. The van der Waals surface area contributed by atoms with Gasteiger partial charge in [-0.2, -0.15) is 8.81 Å². The third kappa shape index (κ3) is 2.05. The summed E-state index contributed by atoms with van der Waals surface area (Å²) in [5.41, 5.74) is 6.10. The van der Waals surface area contributed by atoms with E-state index in [4.69, 9.17) is 5.73 Å². The zero-order chi connectivity index (χ0) is 8.43. The van der Waals surface area contributed by atoms with Gasteiger partial charge in [-0.25, -0.2) is 0 Å². The van der Waals surface area contributed by atoms with Crippen LogP contribution < -0.4 is 5.73 Å². The van der Waals surface area contributed by atoms with Crippen molar-refractivity contribution in [3.05, 3.63) is 12.4 Å². The molecule has 0 fully saturated rings. The third-order valence-corrected chi connectivity index (χ3v) is 2.01. The van der Waals surface area contributed by atoms with E-state index < -0.39 is 0 Å². The maximum absolute atomic E-state index is 5.46. The van der Waals surface area contributed by atoms with E-state index in [1.54, 1.807) is 17.1 Å². The standard InChI is InChI=1S/C5H10N4S2/c1-4(9(10)11)8-3-5(6)2-7-8/h2-4,10-11H,6H2,1H3. The zero-order valence-electron chi connectivity index (χ0n) is 6.05. The molecule has 0 aliphatic rings. The van der Waals surface area contributed by atoms with Crippen molar-refractivity contribution >= 4 is 31.3 Å². The van der Waals surface area contributed by atoms with Crippen LogP contribution in [0.2, 0.25) is 0 Å². The van der Waals surface area contributed by atoms with Gasteiger partial charge in [-0.15, -0.1) is 0 Å². The first-order valence-corrected chi connectivity index (χ1v) is 3.88. The fourth-order valence-corrected chi connectivity index (χ4v) is 0.875. The van der Waals surface area contributed by atoms with Crippen LogP contribution in [0.15, 0.2) is 12.4 Å². The van der Waals surface area contributed by atoms with Crippen molar-refractivity contribution in [2.75, 3.05) is 5.73 Å². The lowest BCUT2D eigenvalue weighted by atomic mass is 10.6. The molecule has 2 N–H and O–H groups in total. The summed E-state index contributed by atoms with van der Waals surface area (Å²) in [7, 11) is 0. The molecule has 0 amide bonds. The second kappa shape index (κ2) is 3.38. The van der Waals surface area contributed by atoms with Gasteiger partial charge in [0.25, 0.3) is 0 Å². The number of hydrogen-bond donors (Lipinski definition) is 3. The van der Waals surface area contributed by atoms with E-state index in [1.807, 2.05) is 6.92 Å². The highest BCUT2D eigenvalue weighted by atomic mass is 32.2. The molecule has 0 radical (unpaired) electrons. The average Bonchev–Trinajstić information content (AvgIpc) is 2.34. The Hall–Kier alpha value is -0.330. The van der Waals surface area contributed by atoms with Crippen molar-refractivity contribution in [2.45, 2.75) is 13.1 Å². The number of thiol groups is 2. The molecule has 1 rings (SSSR count). The Kier molecular flexibility index (Phi) is 2.69. The Bertz CT molecular complexity index is 234. The quantitative estimate of drug-likeness (QED) is 0.609. The fourth-order valence-electron chi connectivity index (χ4n) is 0.663. The maximum Gasteiger partial charge on any atom is 0.120 e.